The third kappa shape index (κ3) is 3.12. The molecule has 0 spiro atoms. The van der Waals surface area contributed by atoms with Crippen molar-refractivity contribution in [2.75, 3.05) is 4.72 Å². The molecule has 0 aliphatic heterocycles. The van der Waals surface area contributed by atoms with Crippen LogP contribution in [0.5, 0.6) is 0 Å². The van der Waals surface area contributed by atoms with Crippen molar-refractivity contribution in [3.8, 4) is 0 Å². The van der Waals surface area contributed by atoms with E-state index in [0.29, 0.717) is 0 Å². The Bertz CT molecular complexity index is 715. The third-order valence-corrected chi connectivity index (χ3v) is 4.05. The molecule has 0 aliphatic rings. The molecule has 0 radical (unpaired) electrons. The topological polar surface area (TPSA) is 85.1 Å². The Kier molecular flexibility index (Phi) is 4.01. The number of pyridine rings is 1. The van der Waals surface area contributed by atoms with Crippen LogP contribution in [-0.2, 0) is 16.6 Å². The van der Waals surface area contributed by atoms with E-state index in [0.717, 1.165) is 11.6 Å². The summed E-state index contributed by atoms with van der Waals surface area (Å²) in [5.41, 5.74) is 6.42. The Morgan fingerprint density at radius 1 is 1.30 bits per heavy atom. The molecule has 3 N–H and O–H groups in total. The van der Waals surface area contributed by atoms with Crippen molar-refractivity contribution in [1.82, 2.24) is 4.98 Å². The van der Waals surface area contributed by atoms with Crippen molar-refractivity contribution >= 4 is 15.8 Å². The molecule has 5 nitrogen and oxygen atoms in total. The van der Waals surface area contributed by atoms with Crippen LogP contribution < -0.4 is 10.5 Å². The largest absolute Gasteiger partial charge is 0.326 e. The van der Waals surface area contributed by atoms with E-state index in [-0.39, 0.29) is 22.8 Å². The Morgan fingerprint density at radius 2 is 2.05 bits per heavy atom. The molecule has 0 fully saturated rings. The van der Waals surface area contributed by atoms with Gasteiger partial charge in [-0.3, -0.25) is 4.72 Å². The zero-order valence-electron chi connectivity index (χ0n) is 10.8. The first-order valence-corrected chi connectivity index (χ1v) is 7.34. The van der Waals surface area contributed by atoms with Crippen LogP contribution in [-0.4, -0.2) is 13.4 Å². The zero-order chi connectivity index (χ0) is 14.8. The van der Waals surface area contributed by atoms with Crippen molar-refractivity contribution in [3.63, 3.8) is 0 Å². The maximum atomic E-state index is 13.3. The van der Waals surface area contributed by atoms with Crippen molar-refractivity contribution in [2.24, 2.45) is 5.73 Å². The van der Waals surface area contributed by atoms with Crippen LogP contribution >= 0.6 is 0 Å². The normalized spacial score (nSPS) is 11.3. The molecule has 1 aromatic heterocycles. The van der Waals surface area contributed by atoms with Gasteiger partial charge in [-0.15, -0.1) is 0 Å². The van der Waals surface area contributed by atoms with Gasteiger partial charge in [0.1, 0.15) is 11.6 Å². The standard InChI is InChI=1S/C13H14FN3O2S/c1-9-2-5-13(16-8-9)17-20(18,19)11-3-4-12(14)10(6-11)7-15/h2-6,8H,7,15H2,1H3,(H,16,17). The molecule has 1 aromatic carbocycles. The molecule has 0 saturated carbocycles. The van der Waals surface area contributed by atoms with Gasteiger partial charge >= 0.3 is 0 Å². The summed E-state index contributed by atoms with van der Waals surface area (Å²) in [4.78, 5) is 3.91. The van der Waals surface area contributed by atoms with Gasteiger partial charge in [0.15, 0.2) is 0 Å². The van der Waals surface area contributed by atoms with Gasteiger partial charge in [0.2, 0.25) is 0 Å². The summed E-state index contributed by atoms with van der Waals surface area (Å²) >= 11 is 0. The smallest absolute Gasteiger partial charge is 0.263 e. The molecule has 106 valence electrons. The Hall–Kier alpha value is -1.99. The fourth-order valence-electron chi connectivity index (χ4n) is 1.60. The van der Waals surface area contributed by atoms with Crippen molar-refractivity contribution in [3.05, 3.63) is 53.5 Å². The summed E-state index contributed by atoms with van der Waals surface area (Å²) in [5, 5.41) is 0. The molecule has 0 amide bonds. The lowest BCUT2D eigenvalue weighted by Crippen LogP contribution is -2.15. The summed E-state index contributed by atoms with van der Waals surface area (Å²) in [6.07, 6.45) is 1.55. The van der Waals surface area contributed by atoms with Gasteiger partial charge in [0.25, 0.3) is 10.0 Å². The Labute approximate surface area is 116 Å². The molecule has 20 heavy (non-hydrogen) atoms. The fourth-order valence-corrected chi connectivity index (χ4v) is 2.66. The summed E-state index contributed by atoms with van der Waals surface area (Å²) in [6, 6.07) is 6.78. The van der Waals surface area contributed by atoms with Gasteiger partial charge in [-0.25, -0.2) is 17.8 Å². The second kappa shape index (κ2) is 5.56. The predicted octanol–water partition coefficient (Wildman–Crippen LogP) is 1.79. The molecule has 0 bridgehead atoms. The first-order valence-electron chi connectivity index (χ1n) is 5.86. The number of hydrogen-bond donors (Lipinski definition) is 2. The molecule has 0 saturated heterocycles. The van der Waals surface area contributed by atoms with Crippen LogP contribution in [0.2, 0.25) is 0 Å². The number of anilines is 1. The molecule has 2 aromatic rings. The number of sulfonamides is 1. The molecule has 0 aliphatic carbocycles. The van der Waals surface area contributed by atoms with Crippen LogP contribution in [0.3, 0.4) is 0 Å². The molecular formula is C13H14FN3O2S. The number of aromatic nitrogens is 1. The average Bonchev–Trinajstić information content (AvgIpc) is 2.41. The maximum absolute atomic E-state index is 13.3. The minimum absolute atomic E-state index is 0.0540. The molecule has 2 rings (SSSR count). The van der Waals surface area contributed by atoms with E-state index in [2.05, 4.69) is 9.71 Å². The average molecular weight is 295 g/mol. The molecule has 7 heteroatoms. The van der Waals surface area contributed by atoms with E-state index in [1.54, 1.807) is 18.3 Å². The van der Waals surface area contributed by atoms with E-state index in [1.165, 1.54) is 12.1 Å². The SMILES string of the molecule is Cc1ccc(NS(=O)(=O)c2ccc(F)c(CN)c2)nc1. The lowest BCUT2D eigenvalue weighted by molar-refractivity contribution is 0.596. The molecular weight excluding hydrogens is 281 g/mol. The summed E-state index contributed by atoms with van der Waals surface area (Å²) < 4.78 is 40.0. The third-order valence-electron chi connectivity index (χ3n) is 2.70. The van der Waals surface area contributed by atoms with Crippen LogP contribution in [0.15, 0.2) is 41.4 Å². The zero-order valence-corrected chi connectivity index (χ0v) is 11.6. The van der Waals surface area contributed by atoms with E-state index in [9.17, 15) is 12.8 Å². The van der Waals surface area contributed by atoms with Crippen LogP contribution in [0, 0.1) is 12.7 Å². The highest BCUT2D eigenvalue weighted by molar-refractivity contribution is 7.92. The van der Waals surface area contributed by atoms with E-state index < -0.39 is 15.8 Å². The Balaban J connectivity index is 2.33. The summed E-state index contributed by atoms with van der Waals surface area (Å²) in [7, 11) is -3.81. The second-order valence-corrected chi connectivity index (χ2v) is 5.97. The monoisotopic (exact) mass is 295 g/mol. The molecule has 0 unspecified atom stereocenters. The second-order valence-electron chi connectivity index (χ2n) is 4.28. The first-order chi connectivity index (χ1) is 9.42. The van der Waals surface area contributed by atoms with Crippen LogP contribution in [0.4, 0.5) is 10.2 Å². The van der Waals surface area contributed by atoms with Crippen LogP contribution in [0.1, 0.15) is 11.1 Å². The lowest BCUT2D eigenvalue weighted by atomic mass is 10.2. The van der Waals surface area contributed by atoms with E-state index >= 15 is 0 Å². The number of nitrogens with one attached hydrogen (secondary N) is 1. The van der Waals surface area contributed by atoms with Crippen molar-refractivity contribution < 1.29 is 12.8 Å². The highest BCUT2D eigenvalue weighted by atomic mass is 32.2. The van der Waals surface area contributed by atoms with E-state index in [1.807, 2.05) is 6.92 Å². The number of hydrogen-bond acceptors (Lipinski definition) is 4. The van der Waals surface area contributed by atoms with Crippen molar-refractivity contribution in [1.29, 1.82) is 0 Å². The number of benzene rings is 1. The quantitative estimate of drug-likeness (QED) is 0.900. The summed E-state index contributed by atoms with van der Waals surface area (Å²) in [6.45, 7) is 1.77. The van der Waals surface area contributed by atoms with Gasteiger partial charge < -0.3 is 5.73 Å². The number of nitrogens with zero attached hydrogens (tertiary/aromatic N) is 1. The maximum Gasteiger partial charge on any atom is 0.263 e. The van der Waals surface area contributed by atoms with Gasteiger partial charge in [0, 0.05) is 18.3 Å². The minimum Gasteiger partial charge on any atom is -0.326 e. The van der Waals surface area contributed by atoms with E-state index in [4.69, 9.17) is 5.73 Å². The Morgan fingerprint density at radius 3 is 2.65 bits per heavy atom. The molecule has 1 heterocycles. The molecule has 0 atom stereocenters. The van der Waals surface area contributed by atoms with Gasteiger partial charge in [0.05, 0.1) is 4.90 Å². The number of rotatable bonds is 4. The van der Waals surface area contributed by atoms with Gasteiger partial charge in [-0.05, 0) is 36.8 Å². The van der Waals surface area contributed by atoms with Crippen LogP contribution in [0.25, 0.3) is 0 Å². The lowest BCUT2D eigenvalue weighted by Gasteiger charge is -2.09. The highest BCUT2D eigenvalue weighted by Gasteiger charge is 2.16. The summed E-state index contributed by atoms with van der Waals surface area (Å²) in [5.74, 6) is -0.325. The minimum atomic E-state index is -3.81. The predicted molar refractivity (Wildman–Crippen MR) is 74.1 cm³/mol. The van der Waals surface area contributed by atoms with Gasteiger partial charge in [-0.1, -0.05) is 6.07 Å². The first kappa shape index (κ1) is 14.4. The number of aryl methyl sites for hydroxylation is 1. The number of halogens is 1. The number of nitrogens with two attached hydrogens (primary N) is 1. The highest BCUT2D eigenvalue weighted by Crippen LogP contribution is 2.17. The van der Waals surface area contributed by atoms with Crippen molar-refractivity contribution in [2.45, 2.75) is 18.4 Å². The van der Waals surface area contributed by atoms with Gasteiger partial charge in [-0.2, -0.15) is 0 Å². The fraction of sp³-hybridized carbons (Fsp3) is 0.154.